The van der Waals surface area contributed by atoms with Crippen molar-refractivity contribution in [3.63, 3.8) is 0 Å². The van der Waals surface area contributed by atoms with Crippen LogP contribution in [0.1, 0.15) is 15.9 Å². The van der Waals surface area contributed by atoms with Gasteiger partial charge in [-0.15, -0.1) is 0 Å². The predicted molar refractivity (Wildman–Crippen MR) is 88.7 cm³/mol. The highest BCUT2D eigenvalue weighted by molar-refractivity contribution is 5.88. The molecule has 0 aliphatic heterocycles. The lowest BCUT2D eigenvalue weighted by Gasteiger charge is -2.08. The Hall–Kier alpha value is -3.53. The highest BCUT2D eigenvalue weighted by atomic mass is 16.5. The van der Waals surface area contributed by atoms with Crippen molar-refractivity contribution in [2.24, 2.45) is 5.10 Å². The van der Waals surface area contributed by atoms with E-state index >= 15 is 0 Å². The number of aromatic carboxylic acids is 1. The lowest BCUT2D eigenvalue weighted by molar-refractivity contribution is 0.0697. The van der Waals surface area contributed by atoms with Crippen LogP contribution < -0.4 is 14.9 Å². The number of methoxy groups -OCH3 is 1. The normalized spacial score (nSPS) is 10.2. The number of carbonyl (C=O) groups is 1. The quantitative estimate of drug-likeness (QED) is 0.599. The molecule has 0 saturated heterocycles. The molecule has 0 aromatic heterocycles. The molecular formula is C17H15N3O4. The summed E-state index contributed by atoms with van der Waals surface area (Å²) in [5.41, 5.74) is 4.45. The zero-order valence-corrected chi connectivity index (χ0v) is 12.9. The first-order chi connectivity index (χ1) is 11.6. The third-order valence-electron chi connectivity index (χ3n) is 3.02. The summed E-state index contributed by atoms with van der Waals surface area (Å²) in [4.78, 5) is 10.8. The average molecular weight is 325 g/mol. The van der Waals surface area contributed by atoms with Crippen molar-refractivity contribution in [3.05, 3.63) is 53.6 Å². The molecule has 0 radical (unpaired) electrons. The fraction of sp³-hybridized carbons (Fsp3) is 0.118. The van der Waals surface area contributed by atoms with Gasteiger partial charge in [0.15, 0.2) is 18.1 Å². The van der Waals surface area contributed by atoms with E-state index in [2.05, 4.69) is 10.5 Å². The highest BCUT2D eigenvalue weighted by Gasteiger charge is 2.05. The number of carboxylic acid groups (broad SMARTS) is 1. The van der Waals surface area contributed by atoms with Gasteiger partial charge in [0.05, 0.1) is 24.6 Å². The molecule has 0 spiro atoms. The third-order valence-corrected chi connectivity index (χ3v) is 3.02. The molecule has 0 heterocycles. The minimum absolute atomic E-state index is 0.0578. The fourth-order valence-corrected chi connectivity index (χ4v) is 1.86. The number of rotatable bonds is 7. The van der Waals surface area contributed by atoms with Crippen LogP contribution in [-0.4, -0.2) is 31.0 Å². The van der Waals surface area contributed by atoms with Gasteiger partial charge in [0.1, 0.15) is 6.07 Å². The summed E-state index contributed by atoms with van der Waals surface area (Å²) in [5, 5.41) is 21.5. The first kappa shape index (κ1) is 16.8. The molecule has 7 nitrogen and oxygen atoms in total. The SMILES string of the molecule is COc1cc(/C=N\Nc2ccc(C(=O)O)cc2)ccc1OCC#N. The van der Waals surface area contributed by atoms with E-state index in [-0.39, 0.29) is 12.2 Å². The van der Waals surface area contributed by atoms with E-state index in [1.54, 1.807) is 36.5 Å². The van der Waals surface area contributed by atoms with E-state index in [0.29, 0.717) is 17.2 Å². The van der Waals surface area contributed by atoms with Crippen molar-refractivity contribution in [2.75, 3.05) is 19.1 Å². The number of anilines is 1. The van der Waals surface area contributed by atoms with Gasteiger partial charge >= 0.3 is 5.97 Å². The number of nitrogens with zero attached hydrogens (tertiary/aromatic N) is 2. The fourth-order valence-electron chi connectivity index (χ4n) is 1.86. The molecule has 2 N–H and O–H groups in total. The molecule has 2 rings (SSSR count). The van der Waals surface area contributed by atoms with Crippen LogP contribution in [0.5, 0.6) is 11.5 Å². The Bertz CT molecular complexity index is 779. The number of hydrogen-bond donors (Lipinski definition) is 2. The topological polar surface area (TPSA) is 104 Å². The van der Waals surface area contributed by atoms with Gasteiger partial charge in [0.25, 0.3) is 0 Å². The molecule has 122 valence electrons. The van der Waals surface area contributed by atoms with E-state index in [9.17, 15) is 4.79 Å². The Morgan fingerprint density at radius 3 is 2.67 bits per heavy atom. The molecule has 0 saturated carbocycles. The number of hydrazone groups is 1. The van der Waals surface area contributed by atoms with Crippen molar-refractivity contribution >= 4 is 17.9 Å². The zero-order valence-electron chi connectivity index (χ0n) is 12.9. The standard InChI is InChI=1S/C17H15N3O4/c1-23-16-10-12(2-7-15(16)24-9-8-18)11-19-20-14-5-3-13(4-6-14)17(21)22/h2-7,10-11,20H,9H2,1H3,(H,21,22)/b19-11-. The molecular weight excluding hydrogens is 310 g/mol. The highest BCUT2D eigenvalue weighted by Crippen LogP contribution is 2.27. The second kappa shape index (κ2) is 8.19. The maximum Gasteiger partial charge on any atom is 0.335 e. The molecule has 2 aromatic rings. The molecule has 24 heavy (non-hydrogen) atoms. The minimum Gasteiger partial charge on any atom is -0.493 e. The molecule has 0 bridgehead atoms. The van der Waals surface area contributed by atoms with Gasteiger partial charge in [-0.2, -0.15) is 10.4 Å². The summed E-state index contributed by atoms with van der Waals surface area (Å²) in [6.07, 6.45) is 1.59. The maximum atomic E-state index is 10.8. The zero-order chi connectivity index (χ0) is 17.4. The van der Waals surface area contributed by atoms with Gasteiger partial charge in [-0.3, -0.25) is 5.43 Å². The first-order valence-corrected chi connectivity index (χ1v) is 6.94. The van der Waals surface area contributed by atoms with Crippen LogP contribution in [0, 0.1) is 11.3 Å². The van der Waals surface area contributed by atoms with Crippen molar-refractivity contribution in [1.82, 2.24) is 0 Å². The van der Waals surface area contributed by atoms with Crippen molar-refractivity contribution in [3.8, 4) is 17.6 Å². The van der Waals surface area contributed by atoms with Gasteiger partial charge in [0, 0.05) is 0 Å². The molecule has 0 aliphatic rings. The van der Waals surface area contributed by atoms with Crippen LogP contribution >= 0.6 is 0 Å². The van der Waals surface area contributed by atoms with Crippen LogP contribution in [0.15, 0.2) is 47.6 Å². The summed E-state index contributed by atoms with van der Waals surface area (Å²) in [5.74, 6) is 0.00397. The molecule has 0 unspecified atom stereocenters. The van der Waals surface area contributed by atoms with Gasteiger partial charge in [-0.05, 0) is 48.0 Å². The number of carboxylic acids is 1. The van der Waals surface area contributed by atoms with E-state index in [0.717, 1.165) is 5.56 Å². The van der Waals surface area contributed by atoms with Gasteiger partial charge in [-0.1, -0.05) is 0 Å². The lowest BCUT2D eigenvalue weighted by atomic mass is 10.2. The van der Waals surface area contributed by atoms with Crippen LogP contribution in [0.4, 0.5) is 5.69 Å². The van der Waals surface area contributed by atoms with Gasteiger partial charge in [-0.25, -0.2) is 4.79 Å². The van der Waals surface area contributed by atoms with Crippen molar-refractivity contribution in [1.29, 1.82) is 5.26 Å². The Labute approximate surface area is 138 Å². The number of hydrogen-bond acceptors (Lipinski definition) is 6. The smallest absolute Gasteiger partial charge is 0.335 e. The number of benzene rings is 2. The summed E-state index contributed by atoms with van der Waals surface area (Å²) in [7, 11) is 1.51. The first-order valence-electron chi connectivity index (χ1n) is 6.94. The molecule has 0 aliphatic carbocycles. The third kappa shape index (κ3) is 4.48. The molecule has 7 heteroatoms. The second-order valence-electron chi connectivity index (χ2n) is 4.61. The minimum atomic E-state index is -0.976. The summed E-state index contributed by atoms with van der Waals surface area (Å²) < 4.78 is 10.5. The largest absolute Gasteiger partial charge is 0.493 e. The number of ether oxygens (including phenoxy) is 2. The van der Waals surface area contributed by atoms with Gasteiger partial charge < -0.3 is 14.6 Å². The second-order valence-corrected chi connectivity index (χ2v) is 4.61. The van der Waals surface area contributed by atoms with E-state index in [1.165, 1.54) is 19.2 Å². The predicted octanol–water partition coefficient (Wildman–Crippen LogP) is 2.74. The molecule has 0 amide bonds. The van der Waals surface area contributed by atoms with Crippen molar-refractivity contribution < 1.29 is 19.4 Å². The summed E-state index contributed by atoms with van der Waals surface area (Å²) in [6.45, 7) is -0.0578. The molecule has 0 fully saturated rings. The lowest BCUT2D eigenvalue weighted by Crippen LogP contribution is -1.98. The van der Waals surface area contributed by atoms with Crippen LogP contribution in [0.3, 0.4) is 0 Å². The Morgan fingerprint density at radius 2 is 2.04 bits per heavy atom. The molecule has 2 aromatic carbocycles. The monoisotopic (exact) mass is 325 g/mol. The van der Waals surface area contributed by atoms with Gasteiger partial charge in [0.2, 0.25) is 0 Å². The van der Waals surface area contributed by atoms with E-state index in [1.807, 2.05) is 6.07 Å². The van der Waals surface area contributed by atoms with Crippen molar-refractivity contribution in [2.45, 2.75) is 0 Å². The Kier molecular flexibility index (Phi) is 5.75. The Morgan fingerprint density at radius 1 is 1.29 bits per heavy atom. The van der Waals surface area contributed by atoms with E-state index < -0.39 is 5.97 Å². The van der Waals surface area contributed by atoms with Crippen LogP contribution in [0.2, 0.25) is 0 Å². The van der Waals surface area contributed by atoms with Crippen LogP contribution in [0.25, 0.3) is 0 Å². The summed E-state index contributed by atoms with van der Waals surface area (Å²) in [6, 6.07) is 13.3. The average Bonchev–Trinajstić information content (AvgIpc) is 2.60. The molecule has 0 atom stereocenters. The van der Waals surface area contributed by atoms with Crippen LogP contribution in [-0.2, 0) is 0 Å². The summed E-state index contributed by atoms with van der Waals surface area (Å²) >= 11 is 0. The maximum absolute atomic E-state index is 10.8. The number of nitrogens with one attached hydrogen (secondary N) is 1. The number of nitriles is 1. The van der Waals surface area contributed by atoms with E-state index in [4.69, 9.17) is 19.8 Å². The Balaban J connectivity index is 2.03.